The number of nitrogens with zero attached hydrogens (tertiary/aromatic N) is 8. The second-order valence-corrected chi connectivity index (χ2v) is 11.0. The van der Waals surface area contributed by atoms with E-state index >= 15 is 0 Å². The van der Waals surface area contributed by atoms with Crippen molar-refractivity contribution in [1.29, 1.82) is 0 Å². The molecule has 200 valence electrons. The van der Waals surface area contributed by atoms with Gasteiger partial charge in [0.15, 0.2) is 12.1 Å². The van der Waals surface area contributed by atoms with Gasteiger partial charge in [0, 0.05) is 35.7 Å². The highest BCUT2D eigenvalue weighted by Gasteiger charge is 2.70. The van der Waals surface area contributed by atoms with Gasteiger partial charge < -0.3 is 10.2 Å². The minimum absolute atomic E-state index is 0.112. The number of Topliss-reactive ketones (excluding diaryl/α,β-unsaturated/α-hetero) is 1. The largest absolute Gasteiger partial charge is 0.325 e. The number of carbonyl (C=O) groups is 3. The third-order valence-electron chi connectivity index (χ3n) is 7.99. The van der Waals surface area contributed by atoms with Crippen LogP contribution in [0.4, 0.5) is 5.82 Å². The Morgan fingerprint density at radius 2 is 2.00 bits per heavy atom. The number of pyridine rings is 2. The van der Waals surface area contributed by atoms with E-state index in [-0.39, 0.29) is 40.2 Å². The summed E-state index contributed by atoms with van der Waals surface area (Å²) in [5.74, 6) is -0.206. The number of nitrogens with one attached hydrogen (secondary N) is 1. The molecule has 39 heavy (non-hydrogen) atoms. The lowest BCUT2D eigenvalue weighted by Gasteiger charge is -2.27. The highest BCUT2D eigenvalue weighted by molar-refractivity contribution is 6.05. The summed E-state index contributed by atoms with van der Waals surface area (Å²) in [5.41, 5.74) is 2.27. The lowest BCUT2D eigenvalue weighted by molar-refractivity contribution is -0.823. The molecule has 5 heterocycles. The van der Waals surface area contributed by atoms with Crippen LogP contribution in [0.5, 0.6) is 0 Å². The van der Waals surface area contributed by atoms with Crippen LogP contribution in [0.15, 0.2) is 40.7 Å². The predicted molar refractivity (Wildman–Crippen MR) is 144 cm³/mol. The van der Waals surface area contributed by atoms with Gasteiger partial charge in [-0.2, -0.15) is 14.7 Å². The van der Waals surface area contributed by atoms with Crippen molar-refractivity contribution in [3.05, 3.63) is 47.5 Å². The van der Waals surface area contributed by atoms with E-state index in [4.69, 9.17) is 0 Å². The quantitative estimate of drug-likeness (QED) is 0.369. The van der Waals surface area contributed by atoms with E-state index in [0.717, 1.165) is 17.7 Å². The summed E-state index contributed by atoms with van der Waals surface area (Å²) in [4.78, 5) is 54.3. The summed E-state index contributed by atoms with van der Waals surface area (Å²) in [6.45, 7) is 5.72. The first-order chi connectivity index (χ1) is 18.6. The van der Waals surface area contributed by atoms with Crippen molar-refractivity contribution >= 4 is 47.0 Å². The van der Waals surface area contributed by atoms with Crippen LogP contribution in [-0.4, -0.2) is 85.2 Å². The Labute approximate surface area is 225 Å². The molecule has 1 unspecified atom stereocenters. The van der Waals surface area contributed by atoms with Gasteiger partial charge in [0.25, 0.3) is 0 Å². The van der Waals surface area contributed by atoms with Gasteiger partial charge >= 0.3 is 0 Å². The molecule has 2 amide bonds. The van der Waals surface area contributed by atoms with Crippen LogP contribution in [0, 0.1) is 19.3 Å². The Bertz CT molecular complexity index is 1580. The molecule has 0 bridgehead atoms. The number of fused-ring (bicyclic) bond motifs is 2. The van der Waals surface area contributed by atoms with E-state index in [9.17, 15) is 14.4 Å². The number of amides is 2. The second kappa shape index (κ2) is 8.87. The molecule has 0 spiro atoms. The van der Waals surface area contributed by atoms with Crippen molar-refractivity contribution in [3.63, 3.8) is 0 Å². The number of rotatable bonds is 7. The minimum Gasteiger partial charge on any atom is -0.325 e. The average molecular weight is 529 g/mol. The van der Waals surface area contributed by atoms with Gasteiger partial charge in [-0.3, -0.25) is 24.0 Å². The lowest BCUT2D eigenvalue weighted by Crippen LogP contribution is -2.47. The van der Waals surface area contributed by atoms with Gasteiger partial charge in [-0.25, -0.2) is 4.98 Å². The highest BCUT2D eigenvalue weighted by atomic mass is 16.2. The van der Waals surface area contributed by atoms with Crippen LogP contribution in [0.2, 0.25) is 0 Å². The highest BCUT2D eigenvalue weighted by Crippen LogP contribution is 2.60. The maximum atomic E-state index is 13.9. The number of hydrogen-bond donors (Lipinski definition) is 1. The van der Waals surface area contributed by atoms with Crippen molar-refractivity contribution in [1.82, 2.24) is 24.6 Å². The number of carbonyl (C=O) groups excluding carboxylic acids is 3. The maximum absolute atomic E-state index is 13.9. The molecule has 4 atom stereocenters. The SMILES string of the molecule is CC(=O)c1nn(CC(=O)N2[C@H](C(=O)Nc3nc(C)ccc3C)C[C@@]3(C[N+]4(C)C=NC=N4)C[C@@H]23)c2cnccc12. The number of piperidine rings is 1. The molecule has 2 fully saturated rings. The number of aromatic nitrogens is 4. The normalized spacial score (nSPS) is 26.7. The summed E-state index contributed by atoms with van der Waals surface area (Å²) >= 11 is 0. The molecule has 1 aliphatic carbocycles. The first-order valence-electron chi connectivity index (χ1n) is 12.9. The second-order valence-electron chi connectivity index (χ2n) is 11.0. The van der Waals surface area contributed by atoms with Gasteiger partial charge in [0.05, 0.1) is 18.8 Å². The summed E-state index contributed by atoms with van der Waals surface area (Å²) in [7, 11) is 1.96. The molecule has 2 aliphatic heterocycles. The van der Waals surface area contributed by atoms with Crippen molar-refractivity contribution in [3.8, 4) is 0 Å². The molecule has 6 rings (SSSR count). The standard InChI is InChI=1S/C27H29N9O3/c1-16-5-6-17(2)31-25(16)32-26(39)20-9-27(13-36(4)15-29-14-30-36)10-22(27)35(20)23(38)12-34-21-11-28-8-7-19(21)24(33-34)18(3)37/h5-8,11,14-15,20,22H,9-10,12-13H2,1-4H3/p+1/t20-,22+,27-,36?/m0/s1. The fraction of sp³-hybridized carbons (Fsp3) is 0.407. The summed E-state index contributed by atoms with van der Waals surface area (Å²) in [5, 5.41) is 12.5. The van der Waals surface area contributed by atoms with Crippen molar-refractivity contribution in [2.75, 3.05) is 18.9 Å². The number of ketones is 1. The van der Waals surface area contributed by atoms with Gasteiger partial charge in [-0.05, 0) is 44.4 Å². The fourth-order valence-corrected chi connectivity index (χ4v) is 6.07. The van der Waals surface area contributed by atoms with Crippen LogP contribution in [0.1, 0.15) is 41.5 Å². The molecular weight excluding hydrogens is 498 g/mol. The van der Waals surface area contributed by atoms with Crippen molar-refractivity contribution in [2.24, 2.45) is 15.5 Å². The van der Waals surface area contributed by atoms with E-state index in [2.05, 4.69) is 30.5 Å². The molecule has 1 saturated carbocycles. The molecule has 3 aliphatic rings. The molecule has 12 heteroatoms. The predicted octanol–water partition coefficient (Wildman–Crippen LogP) is 2.08. The molecule has 1 saturated heterocycles. The number of anilines is 1. The summed E-state index contributed by atoms with van der Waals surface area (Å²) in [6, 6.07) is 4.73. The minimum atomic E-state index is -0.680. The molecule has 3 aromatic rings. The Hall–Kier alpha value is -4.32. The Morgan fingerprint density at radius 3 is 2.74 bits per heavy atom. The first-order valence-corrected chi connectivity index (χ1v) is 12.9. The topological polar surface area (TPSA) is 135 Å². The molecule has 0 aromatic carbocycles. The Morgan fingerprint density at radius 1 is 1.18 bits per heavy atom. The lowest BCUT2D eigenvalue weighted by atomic mass is 9.98. The van der Waals surface area contributed by atoms with Gasteiger partial charge in [-0.15, -0.1) is 0 Å². The van der Waals surface area contributed by atoms with Crippen LogP contribution in [0.3, 0.4) is 0 Å². The van der Waals surface area contributed by atoms with Gasteiger partial charge in [-0.1, -0.05) is 11.2 Å². The molecule has 3 aromatic heterocycles. The smallest absolute Gasteiger partial charge is 0.248 e. The molecule has 0 radical (unpaired) electrons. The number of hydrogen-bond acceptors (Lipinski definition) is 8. The zero-order valence-electron chi connectivity index (χ0n) is 22.3. The zero-order chi connectivity index (χ0) is 27.5. The van der Waals surface area contributed by atoms with Crippen LogP contribution < -0.4 is 5.32 Å². The summed E-state index contributed by atoms with van der Waals surface area (Å²) in [6.07, 6.45) is 7.79. The average Bonchev–Trinajstić information content (AvgIpc) is 3.18. The molecular formula is C27H30N9O3+. The Kier molecular flexibility index (Phi) is 5.68. The maximum Gasteiger partial charge on any atom is 0.248 e. The van der Waals surface area contributed by atoms with E-state index in [1.54, 1.807) is 29.7 Å². The number of aliphatic imine (C=N–C) groups is 1. The van der Waals surface area contributed by atoms with Crippen LogP contribution >= 0.6 is 0 Å². The van der Waals surface area contributed by atoms with E-state index in [1.807, 2.05) is 33.0 Å². The molecule has 12 nitrogen and oxygen atoms in total. The van der Waals surface area contributed by atoms with Crippen LogP contribution in [0.25, 0.3) is 10.9 Å². The summed E-state index contributed by atoms with van der Waals surface area (Å²) < 4.78 is 1.79. The van der Waals surface area contributed by atoms with Crippen LogP contribution in [-0.2, 0) is 16.1 Å². The monoisotopic (exact) mass is 528 g/mol. The van der Waals surface area contributed by atoms with Gasteiger partial charge in [0.2, 0.25) is 18.2 Å². The van der Waals surface area contributed by atoms with E-state index in [0.29, 0.717) is 35.4 Å². The fourth-order valence-electron chi connectivity index (χ4n) is 6.07. The number of aryl methyl sites for hydroxylation is 2. The van der Waals surface area contributed by atoms with Crippen molar-refractivity contribution in [2.45, 2.75) is 52.2 Å². The first kappa shape index (κ1) is 25.0. The number of likely N-dealkylation sites (tertiary alicyclic amines) is 1. The van der Waals surface area contributed by atoms with E-state index < -0.39 is 6.04 Å². The van der Waals surface area contributed by atoms with Gasteiger partial charge in [0.1, 0.15) is 30.6 Å². The molecule has 1 N–H and O–H groups in total. The Balaban J connectivity index is 1.31. The third-order valence-corrected chi connectivity index (χ3v) is 7.99. The van der Waals surface area contributed by atoms with E-state index in [1.165, 1.54) is 17.9 Å². The number of quaternary nitrogens is 1. The third kappa shape index (κ3) is 4.30. The zero-order valence-corrected chi connectivity index (χ0v) is 22.3. The van der Waals surface area contributed by atoms with Crippen molar-refractivity contribution < 1.29 is 19.0 Å².